The Morgan fingerprint density at radius 2 is 1.44 bits per heavy atom. The third-order valence-electron chi connectivity index (χ3n) is 2.74. The Morgan fingerprint density at radius 3 is 1.75 bits per heavy atom. The Hall–Kier alpha value is -2.12. The van der Waals surface area contributed by atoms with E-state index in [-0.39, 0.29) is 0 Å². The van der Waals surface area contributed by atoms with Gasteiger partial charge in [-0.2, -0.15) is 0 Å². The Labute approximate surface area is 90.3 Å². The number of amides is 5. The van der Waals surface area contributed by atoms with E-state index in [1.54, 1.807) is 0 Å². The SMILES string of the molecule is CN1C(=O)O[C@]2(C1=O)C(=O)N(C)C(=O)N2C. The van der Waals surface area contributed by atoms with E-state index >= 15 is 0 Å². The van der Waals surface area contributed by atoms with Crippen LogP contribution in [0.2, 0.25) is 0 Å². The largest absolute Gasteiger partial charge is 0.419 e. The quantitative estimate of drug-likeness (QED) is 0.384. The van der Waals surface area contributed by atoms with E-state index < -0.39 is 29.7 Å². The van der Waals surface area contributed by atoms with Gasteiger partial charge in [-0.1, -0.05) is 0 Å². The van der Waals surface area contributed by atoms with Crippen LogP contribution in [0.15, 0.2) is 0 Å². The molecule has 0 N–H and O–H groups in total. The van der Waals surface area contributed by atoms with Crippen molar-refractivity contribution < 1.29 is 23.9 Å². The van der Waals surface area contributed by atoms with Gasteiger partial charge in [-0.25, -0.2) is 14.5 Å². The number of rotatable bonds is 0. The molecule has 8 nitrogen and oxygen atoms in total. The van der Waals surface area contributed by atoms with Gasteiger partial charge in [0.2, 0.25) is 0 Å². The third-order valence-corrected chi connectivity index (χ3v) is 2.74. The summed E-state index contributed by atoms with van der Waals surface area (Å²) in [5, 5.41) is 0. The lowest BCUT2D eigenvalue weighted by Crippen LogP contribution is -2.54. The van der Waals surface area contributed by atoms with Crippen molar-refractivity contribution in [2.75, 3.05) is 21.1 Å². The maximum absolute atomic E-state index is 11.8. The number of nitrogens with zero attached hydrogens (tertiary/aromatic N) is 3. The molecule has 5 amide bonds. The van der Waals surface area contributed by atoms with Gasteiger partial charge < -0.3 is 4.74 Å². The molecule has 0 aromatic carbocycles. The van der Waals surface area contributed by atoms with Crippen molar-refractivity contribution in [3.63, 3.8) is 0 Å². The first-order chi connectivity index (χ1) is 7.34. The van der Waals surface area contributed by atoms with Crippen LogP contribution in [0.25, 0.3) is 0 Å². The van der Waals surface area contributed by atoms with Gasteiger partial charge >= 0.3 is 29.7 Å². The van der Waals surface area contributed by atoms with Crippen molar-refractivity contribution in [2.24, 2.45) is 0 Å². The van der Waals surface area contributed by atoms with Crippen LogP contribution < -0.4 is 0 Å². The summed E-state index contributed by atoms with van der Waals surface area (Å²) >= 11 is 0. The van der Waals surface area contributed by atoms with Crippen LogP contribution in [-0.2, 0) is 14.3 Å². The molecule has 0 aromatic rings. The number of hydrogen-bond acceptors (Lipinski definition) is 5. The van der Waals surface area contributed by atoms with Crippen molar-refractivity contribution in [1.82, 2.24) is 14.7 Å². The minimum absolute atomic E-state index is 0.668. The van der Waals surface area contributed by atoms with E-state index in [0.29, 0.717) is 4.90 Å². The maximum atomic E-state index is 11.8. The lowest BCUT2D eigenvalue weighted by atomic mass is 10.2. The zero-order valence-corrected chi connectivity index (χ0v) is 8.88. The zero-order chi connectivity index (χ0) is 12.2. The monoisotopic (exact) mass is 227 g/mol. The molecule has 0 aliphatic carbocycles. The van der Waals surface area contributed by atoms with Crippen molar-refractivity contribution >= 4 is 23.9 Å². The first-order valence-electron chi connectivity index (χ1n) is 4.41. The maximum Gasteiger partial charge on any atom is 0.419 e. The fraction of sp³-hybridized carbons (Fsp3) is 0.500. The van der Waals surface area contributed by atoms with E-state index in [2.05, 4.69) is 0 Å². The summed E-state index contributed by atoms with van der Waals surface area (Å²) in [6, 6.07) is -0.693. The molecule has 86 valence electrons. The smallest absolute Gasteiger partial charge is 0.403 e. The predicted molar refractivity (Wildman–Crippen MR) is 47.9 cm³/mol. The molecule has 0 saturated carbocycles. The molecule has 1 atom stereocenters. The molecule has 0 radical (unpaired) electrons. The van der Waals surface area contributed by atoms with Crippen LogP contribution in [-0.4, -0.2) is 65.5 Å². The molecule has 0 unspecified atom stereocenters. The first-order valence-corrected chi connectivity index (χ1v) is 4.41. The number of imide groups is 2. The van der Waals surface area contributed by atoms with E-state index in [0.717, 1.165) is 9.80 Å². The number of carbonyl (C=O) groups is 4. The number of likely N-dealkylation sites (N-methyl/N-ethyl adjacent to an activating group) is 3. The summed E-state index contributed by atoms with van der Waals surface area (Å²) in [6.45, 7) is 0. The van der Waals surface area contributed by atoms with E-state index in [9.17, 15) is 19.2 Å². The highest BCUT2D eigenvalue weighted by Gasteiger charge is 2.68. The minimum Gasteiger partial charge on any atom is -0.403 e. The third kappa shape index (κ3) is 0.841. The Morgan fingerprint density at radius 1 is 0.938 bits per heavy atom. The molecule has 1 spiro atoms. The van der Waals surface area contributed by atoms with Crippen molar-refractivity contribution in [3.8, 4) is 0 Å². The number of hydrogen-bond donors (Lipinski definition) is 0. The summed E-state index contributed by atoms with van der Waals surface area (Å²) in [5.41, 5.74) is -2.14. The van der Waals surface area contributed by atoms with E-state index in [4.69, 9.17) is 4.74 Å². The topological polar surface area (TPSA) is 87.2 Å². The van der Waals surface area contributed by atoms with Crippen LogP contribution in [0, 0.1) is 0 Å². The van der Waals surface area contributed by atoms with Gasteiger partial charge in [0.15, 0.2) is 0 Å². The molecule has 8 heteroatoms. The molecule has 2 saturated heterocycles. The number of urea groups is 1. The van der Waals surface area contributed by atoms with Crippen molar-refractivity contribution in [2.45, 2.75) is 5.72 Å². The first kappa shape index (κ1) is 10.4. The predicted octanol–water partition coefficient (Wildman–Crippen LogP) is -1.18. The van der Waals surface area contributed by atoms with Crippen molar-refractivity contribution in [3.05, 3.63) is 0 Å². The highest BCUT2D eigenvalue weighted by molar-refractivity contribution is 6.23. The Kier molecular flexibility index (Phi) is 1.76. The Bertz CT molecular complexity index is 423. The lowest BCUT2D eigenvalue weighted by Gasteiger charge is -2.22. The summed E-state index contributed by atoms with van der Waals surface area (Å²) in [6.07, 6.45) is -0.951. The molecule has 0 aromatic heterocycles. The molecular weight excluding hydrogens is 218 g/mol. The molecule has 2 fully saturated rings. The molecule has 2 heterocycles. The highest BCUT2D eigenvalue weighted by Crippen LogP contribution is 2.33. The lowest BCUT2D eigenvalue weighted by molar-refractivity contribution is -0.158. The van der Waals surface area contributed by atoms with Gasteiger partial charge in [-0.05, 0) is 0 Å². The molecule has 16 heavy (non-hydrogen) atoms. The van der Waals surface area contributed by atoms with Gasteiger partial charge in [0, 0.05) is 21.1 Å². The summed E-state index contributed by atoms with van der Waals surface area (Å²) in [5.74, 6) is -1.72. The second-order valence-electron chi connectivity index (χ2n) is 3.58. The molecule has 2 aliphatic heterocycles. The van der Waals surface area contributed by atoms with Crippen LogP contribution in [0.5, 0.6) is 0 Å². The average molecular weight is 227 g/mol. The van der Waals surface area contributed by atoms with Crippen LogP contribution in [0.1, 0.15) is 0 Å². The fourth-order valence-corrected chi connectivity index (χ4v) is 1.71. The number of carbonyl (C=O) groups excluding carboxylic acids is 4. The molecular formula is C8H9N3O5. The van der Waals surface area contributed by atoms with Crippen LogP contribution in [0.3, 0.4) is 0 Å². The van der Waals surface area contributed by atoms with Crippen LogP contribution >= 0.6 is 0 Å². The molecule has 0 bridgehead atoms. The van der Waals surface area contributed by atoms with Crippen LogP contribution in [0.4, 0.5) is 9.59 Å². The summed E-state index contributed by atoms with van der Waals surface area (Å²) < 4.78 is 4.75. The summed E-state index contributed by atoms with van der Waals surface area (Å²) in [4.78, 5) is 48.5. The highest BCUT2D eigenvalue weighted by atomic mass is 16.6. The summed E-state index contributed by atoms with van der Waals surface area (Å²) in [7, 11) is 3.63. The van der Waals surface area contributed by atoms with Gasteiger partial charge in [-0.15, -0.1) is 0 Å². The minimum atomic E-state index is -2.14. The standard InChI is InChI=1S/C8H9N3O5/c1-9-4(12)8(11(3)6(9)14)5(13)10(2)7(15)16-8/h1-3H3/t8-/m0/s1. The molecule has 2 aliphatic rings. The van der Waals surface area contributed by atoms with E-state index in [1.807, 2.05) is 0 Å². The van der Waals surface area contributed by atoms with Gasteiger partial charge in [0.05, 0.1) is 0 Å². The van der Waals surface area contributed by atoms with Crippen molar-refractivity contribution in [1.29, 1.82) is 0 Å². The van der Waals surface area contributed by atoms with Gasteiger partial charge in [-0.3, -0.25) is 19.4 Å². The fourth-order valence-electron chi connectivity index (χ4n) is 1.71. The number of ether oxygens (including phenoxy) is 1. The zero-order valence-electron chi connectivity index (χ0n) is 8.88. The van der Waals surface area contributed by atoms with Gasteiger partial charge in [0.25, 0.3) is 0 Å². The normalized spacial score (nSPS) is 29.8. The average Bonchev–Trinajstić information content (AvgIpc) is 2.57. The van der Waals surface area contributed by atoms with E-state index in [1.165, 1.54) is 21.1 Å². The van der Waals surface area contributed by atoms with Gasteiger partial charge in [0.1, 0.15) is 0 Å². The second kappa shape index (κ2) is 2.71. The molecule has 2 rings (SSSR count). The Balaban J connectivity index is 2.55. The second-order valence-corrected chi connectivity index (χ2v) is 3.58.